The summed E-state index contributed by atoms with van der Waals surface area (Å²) in [6, 6.07) is 7.30. The van der Waals surface area contributed by atoms with Crippen LogP contribution < -0.4 is 11.1 Å². The van der Waals surface area contributed by atoms with Crippen LogP contribution in [0.15, 0.2) is 39.8 Å². The lowest BCUT2D eigenvalue weighted by molar-refractivity contribution is 0.555. The summed E-state index contributed by atoms with van der Waals surface area (Å²) in [5, 5.41) is 11.7. The van der Waals surface area contributed by atoms with E-state index in [0.29, 0.717) is 23.3 Å². The molecule has 98 valence electrons. The van der Waals surface area contributed by atoms with Crippen molar-refractivity contribution in [2.24, 2.45) is 0 Å². The van der Waals surface area contributed by atoms with Gasteiger partial charge < -0.3 is 9.73 Å². The van der Waals surface area contributed by atoms with Gasteiger partial charge in [-0.1, -0.05) is 6.07 Å². The largest absolute Gasteiger partial charge is 0.417 e. The lowest BCUT2D eigenvalue weighted by Gasteiger charge is -2.05. The standard InChI is InChI=1S/C13H9N5O2/c14-4-12-16-6-9(7-17-12)15-5-8-1-2-10-11(3-8)20-13(19)18-10/h1-3,6-7,15H,5H2,(H,18,19). The highest BCUT2D eigenvalue weighted by molar-refractivity contribution is 5.72. The third-order valence-corrected chi connectivity index (χ3v) is 2.73. The monoisotopic (exact) mass is 267 g/mol. The van der Waals surface area contributed by atoms with Crippen LogP contribution in [0.5, 0.6) is 0 Å². The Labute approximate surface area is 112 Å². The van der Waals surface area contributed by atoms with Crippen molar-refractivity contribution in [3.63, 3.8) is 0 Å². The fourth-order valence-electron chi connectivity index (χ4n) is 1.78. The van der Waals surface area contributed by atoms with Crippen LogP contribution >= 0.6 is 0 Å². The van der Waals surface area contributed by atoms with E-state index >= 15 is 0 Å². The predicted molar refractivity (Wildman–Crippen MR) is 70.9 cm³/mol. The van der Waals surface area contributed by atoms with Crippen molar-refractivity contribution in [2.75, 3.05) is 5.32 Å². The molecule has 0 aliphatic heterocycles. The fraction of sp³-hybridized carbons (Fsp3) is 0.0769. The van der Waals surface area contributed by atoms with E-state index in [4.69, 9.17) is 9.68 Å². The zero-order chi connectivity index (χ0) is 13.9. The molecule has 0 saturated heterocycles. The van der Waals surface area contributed by atoms with Gasteiger partial charge in [-0.15, -0.1) is 0 Å². The molecule has 0 saturated carbocycles. The number of H-pyrrole nitrogens is 1. The maximum absolute atomic E-state index is 11.1. The quantitative estimate of drug-likeness (QED) is 0.742. The smallest absolute Gasteiger partial charge is 0.408 e. The molecule has 0 unspecified atom stereocenters. The van der Waals surface area contributed by atoms with Crippen molar-refractivity contribution in [3.8, 4) is 6.07 Å². The Morgan fingerprint density at radius 3 is 2.90 bits per heavy atom. The molecular weight excluding hydrogens is 258 g/mol. The number of hydrogen-bond acceptors (Lipinski definition) is 6. The van der Waals surface area contributed by atoms with Crippen molar-refractivity contribution < 1.29 is 4.42 Å². The first-order valence-corrected chi connectivity index (χ1v) is 5.82. The number of nitrogens with one attached hydrogen (secondary N) is 2. The van der Waals surface area contributed by atoms with Crippen LogP contribution in [0.25, 0.3) is 11.1 Å². The summed E-state index contributed by atoms with van der Waals surface area (Å²) in [6.07, 6.45) is 3.08. The minimum Gasteiger partial charge on any atom is -0.408 e. The Kier molecular flexibility index (Phi) is 2.89. The lowest BCUT2D eigenvalue weighted by atomic mass is 10.2. The van der Waals surface area contributed by atoms with Gasteiger partial charge in [-0.05, 0) is 17.7 Å². The van der Waals surface area contributed by atoms with Crippen LogP contribution in [0.1, 0.15) is 11.4 Å². The lowest BCUT2D eigenvalue weighted by Crippen LogP contribution is -2.01. The summed E-state index contributed by atoms with van der Waals surface area (Å²) in [5.41, 5.74) is 2.84. The Morgan fingerprint density at radius 1 is 1.35 bits per heavy atom. The molecule has 2 N–H and O–H groups in total. The van der Waals surface area contributed by atoms with Gasteiger partial charge in [0.2, 0.25) is 5.82 Å². The molecule has 20 heavy (non-hydrogen) atoms. The maximum Gasteiger partial charge on any atom is 0.417 e. The van der Waals surface area contributed by atoms with Crippen LogP contribution in [-0.4, -0.2) is 15.0 Å². The Balaban J connectivity index is 1.75. The number of hydrogen-bond donors (Lipinski definition) is 2. The first-order valence-electron chi connectivity index (χ1n) is 5.82. The van der Waals surface area contributed by atoms with Gasteiger partial charge in [0.05, 0.1) is 23.6 Å². The number of aromatic nitrogens is 3. The van der Waals surface area contributed by atoms with E-state index in [1.165, 1.54) is 0 Å². The van der Waals surface area contributed by atoms with E-state index in [2.05, 4.69) is 20.3 Å². The zero-order valence-corrected chi connectivity index (χ0v) is 10.3. The van der Waals surface area contributed by atoms with Crippen LogP contribution in [0.2, 0.25) is 0 Å². The highest BCUT2D eigenvalue weighted by Gasteiger charge is 2.02. The van der Waals surface area contributed by atoms with Gasteiger partial charge in [0.1, 0.15) is 6.07 Å². The topological polar surface area (TPSA) is 108 Å². The molecule has 2 heterocycles. The third-order valence-electron chi connectivity index (χ3n) is 2.73. The minimum atomic E-state index is -0.467. The SMILES string of the molecule is N#Cc1ncc(NCc2ccc3[nH]c(=O)oc3c2)cn1. The van der Waals surface area contributed by atoms with Crippen LogP contribution in [0.4, 0.5) is 5.69 Å². The molecule has 0 amide bonds. The normalized spacial score (nSPS) is 10.3. The summed E-state index contributed by atoms with van der Waals surface area (Å²) < 4.78 is 4.99. The molecule has 0 fully saturated rings. The molecule has 0 bridgehead atoms. The summed E-state index contributed by atoms with van der Waals surface area (Å²) in [7, 11) is 0. The van der Waals surface area contributed by atoms with Crippen molar-refractivity contribution in [3.05, 3.63) is 52.5 Å². The molecule has 1 aromatic carbocycles. The van der Waals surface area contributed by atoms with Gasteiger partial charge in [0.15, 0.2) is 5.58 Å². The van der Waals surface area contributed by atoms with Crippen molar-refractivity contribution >= 4 is 16.8 Å². The predicted octanol–water partition coefficient (Wildman–Crippen LogP) is 1.39. The van der Waals surface area contributed by atoms with Crippen molar-refractivity contribution in [2.45, 2.75) is 6.54 Å². The van der Waals surface area contributed by atoms with Gasteiger partial charge in [-0.3, -0.25) is 4.98 Å². The molecule has 0 aliphatic carbocycles. The molecule has 2 aromatic heterocycles. The number of oxazole rings is 1. The molecule has 7 heteroatoms. The van der Waals surface area contributed by atoms with E-state index in [-0.39, 0.29) is 5.82 Å². The van der Waals surface area contributed by atoms with E-state index < -0.39 is 5.76 Å². The van der Waals surface area contributed by atoms with Crippen LogP contribution in [0, 0.1) is 11.3 Å². The second-order valence-electron chi connectivity index (χ2n) is 4.11. The fourth-order valence-corrected chi connectivity index (χ4v) is 1.78. The van der Waals surface area contributed by atoms with Crippen molar-refractivity contribution in [1.29, 1.82) is 5.26 Å². The molecule has 3 aromatic rings. The van der Waals surface area contributed by atoms with E-state index in [0.717, 1.165) is 5.56 Å². The first kappa shape index (κ1) is 11.9. The van der Waals surface area contributed by atoms with Crippen molar-refractivity contribution in [1.82, 2.24) is 15.0 Å². The summed E-state index contributed by atoms with van der Waals surface area (Å²) in [4.78, 5) is 21.4. The van der Waals surface area contributed by atoms with Gasteiger partial charge in [-0.25, -0.2) is 14.8 Å². The number of aromatic amines is 1. The second kappa shape index (κ2) is 4.85. The average molecular weight is 267 g/mol. The molecule has 0 aliphatic rings. The van der Waals surface area contributed by atoms with Crippen LogP contribution in [0.3, 0.4) is 0 Å². The average Bonchev–Trinajstić information content (AvgIpc) is 2.85. The zero-order valence-electron chi connectivity index (χ0n) is 10.3. The maximum atomic E-state index is 11.1. The molecule has 0 spiro atoms. The molecule has 7 nitrogen and oxygen atoms in total. The molecule has 3 rings (SSSR count). The number of rotatable bonds is 3. The number of fused-ring (bicyclic) bond motifs is 1. The van der Waals surface area contributed by atoms with Gasteiger partial charge >= 0.3 is 5.76 Å². The van der Waals surface area contributed by atoms with Crippen LogP contribution in [-0.2, 0) is 6.54 Å². The number of nitriles is 1. The second-order valence-corrected chi connectivity index (χ2v) is 4.11. The third kappa shape index (κ3) is 2.35. The minimum absolute atomic E-state index is 0.131. The van der Waals surface area contributed by atoms with Gasteiger partial charge in [0.25, 0.3) is 0 Å². The molecular formula is C13H9N5O2. The van der Waals surface area contributed by atoms with Gasteiger partial charge in [-0.2, -0.15) is 5.26 Å². The molecule has 0 radical (unpaired) electrons. The summed E-state index contributed by atoms with van der Waals surface area (Å²) >= 11 is 0. The highest BCUT2D eigenvalue weighted by atomic mass is 16.4. The highest BCUT2D eigenvalue weighted by Crippen LogP contribution is 2.13. The Hall–Kier alpha value is -3.14. The summed E-state index contributed by atoms with van der Waals surface area (Å²) in [5.74, 6) is -0.336. The van der Waals surface area contributed by atoms with E-state index in [1.807, 2.05) is 12.1 Å². The Bertz CT molecular complexity index is 842. The number of benzene rings is 1. The first-order chi connectivity index (χ1) is 9.74. The Morgan fingerprint density at radius 2 is 2.15 bits per heavy atom. The van der Waals surface area contributed by atoms with E-state index in [1.54, 1.807) is 24.5 Å². The molecule has 0 atom stereocenters. The van der Waals surface area contributed by atoms with Gasteiger partial charge in [0, 0.05) is 6.54 Å². The summed E-state index contributed by atoms with van der Waals surface area (Å²) in [6.45, 7) is 0.528. The number of nitrogens with zero attached hydrogens (tertiary/aromatic N) is 3. The number of anilines is 1. The van der Waals surface area contributed by atoms with E-state index in [9.17, 15) is 4.79 Å².